The molecule has 0 aliphatic heterocycles. The number of hydrogen-bond donors (Lipinski definition) is 1. The standard InChI is InChI=1S/C27H33Cl4N3O4S/c1-3-24(27(36)32-21-7-4-5-8-21)33(17-18-10-11-19(28)15-23(18)31)26(35)9-6-14-34(39(2,37)38)25-16-20(29)12-13-22(25)30/h10-13,15-16,21,24H,3-9,14,17H2,1-2H3,(H,32,36). The van der Waals surface area contributed by atoms with Crippen LogP contribution in [0, 0.1) is 0 Å². The van der Waals surface area contributed by atoms with Crippen molar-refractivity contribution in [2.24, 2.45) is 0 Å². The predicted molar refractivity (Wildman–Crippen MR) is 159 cm³/mol. The number of hydrogen-bond acceptors (Lipinski definition) is 4. The fourth-order valence-corrected chi connectivity index (χ4v) is 6.65. The van der Waals surface area contributed by atoms with E-state index in [9.17, 15) is 18.0 Å². The lowest BCUT2D eigenvalue weighted by Crippen LogP contribution is -2.51. The van der Waals surface area contributed by atoms with Crippen molar-refractivity contribution in [3.05, 3.63) is 62.1 Å². The van der Waals surface area contributed by atoms with E-state index in [4.69, 9.17) is 46.4 Å². The van der Waals surface area contributed by atoms with Crippen molar-refractivity contribution in [1.29, 1.82) is 0 Å². The quantitative estimate of drug-likeness (QED) is 0.280. The van der Waals surface area contributed by atoms with Crippen LogP contribution in [0.15, 0.2) is 36.4 Å². The van der Waals surface area contributed by atoms with E-state index >= 15 is 0 Å². The molecule has 2 aromatic carbocycles. The van der Waals surface area contributed by atoms with Crippen LogP contribution in [0.2, 0.25) is 20.1 Å². The van der Waals surface area contributed by atoms with Crippen LogP contribution in [-0.2, 0) is 26.2 Å². The van der Waals surface area contributed by atoms with E-state index in [1.807, 2.05) is 6.92 Å². The third kappa shape index (κ3) is 8.89. The molecule has 1 atom stereocenters. The smallest absolute Gasteiger partial charge is 0.243 e. The van der Waals surface area contributed by atoms with Gasteiger partial charge in [0.25, 0.3) is 0 Å². The van der Waals surface area contributed by atoms with Crippen molar-refractivity contribution in [2.75, 3.05) is 17.1 Å². The van der Waals surface area contributed by atoms with Gasteiger partial charge in [0, 0.05) is 40.6 Å². The van der Waals surface area contributed by atoms with E-state index in [1.54, 1.807) is 24.3 Å². The van der Waals surface area contributed by atoms with Gasteiger partial charge in [-0.25, -0.2) is 8.42 Å². The zero-order valence-electron chi connectivity index (χ0n) is 21.9. The number of benzene rings is 2. The van der Waals surface area contributed by atoms with Gasteiger partial charge in [-0.15, -0.1) is 0 Å². The van der Waals surface area contributed by atoms with E-state index in [-0.39, 0.29) is 54.5 Å². The zero-order chi connectivity index (χ0) is 28.7. The second-order valence-corrected chi connectivity index (χ2v) is 13.3. The molecule has 0 heterocycles. The SMILES string of the molecule is CCC(C(=O)NC1CCCC1)N(Cc1ccc(Cl)cc1Cl)C(=O)CCCN(c1cc(Cl)ccc1Cl)S(C)(=O)=O. The largest absolute Gasteiger partial charge is 0.352 e. The van der Waals surface area contributed by atoms with Gasteiger partial charge in [-0.2, -0.15) is 0 Å². The summed E-state index contributed by atoms with van der Waals surface area (Å²) in [4.78, 5) is 28.4. The molecule has 12 heteroatoms. The molecule has 1 aliphatic rings. The Balaban J connectivity index is 1.81. The van der Waals surface area contributed by atoms with Crippen molar-refractivity contribution < 1.29 is 18.0 Å². The molecule has 2 aromatic rings. The Bertz CT molecular complexity index is 1290. The number of nitrogens with zero attached hydrogens (tertiary/aromatic N) is 2. The molecule has 0 aromatic heterocycles. The van der Waals surface area contributed by atoms with Gasteiger partial charge in [-0.3, -0.25) is 13.9 Å². The van der Waals surface area contributed by atoms with E-state index in [0.717, 1.165) is 36.2 Å². The average Bonchev–Trinajstić information content (AvgIpc) is 3.37. The molecule has 3 rings (SSSR count). The highest BCUT2D eigenvalue weighted by atomic mass is 35.5. The van der Waals surface area contributed by atoms with Crippen LogP contribution in [0.3, 0.4) is 0 Å². The maximum Gasteiger partial charge on any atom is 0.243 e. The lowest BCUT2D eigenvalue weighted by molar-refractivity contribution is -0.141. The first-order chi connectivity index (χ1) is 18.4. The molecule has 0 radical (unpaired) electrons. The van der Waals surface area contributed by atoms with Crippen molar-refractivity contribution >= 4 is 73.9 Å². The zero-order valence-corrected chi connectivity index (χ0v) is 25.8. The van der Waals surface area contributed by atoms with Gasteiger partial charge in [0.05, 0.1) is 17.0 Å². The molecule has 1 aliphatic carbocycles. The number of carbonyl (C=O) groups excluding carboxylic acids is 2. The van der Waals surface area contributed by atoms with Crippen LogP contribution in [0.25, 0.3) is 0 Å². The molecular weight excluding hydrogens is 604 g/mol. The first-order valence-corrected chi connectivity index (χ1v) is 16.2. The Morgan fingerprint density at radius 2 is 1.64 bits per heavy atom. The second kappa shape index (κ2) is 14.3. The molecule has 2 amide bonds. The summed E-state index contributed by atoms with van der Waals surface area (Å²) in [5, 5.41) is 4.52. The lowest BCUT2D eigenvalue weighted by Gasteiger charge is -2.32. The maximum absolute atomic E-state index is 13.6. The third-order valence-corrected chi connectivity index (χ3v) is 9.09. The molecular formula is C27H33Cl4N3O4S. The van der Waals surface area contributed by atoms with Crippen LogP contribution in [0.4, 0.5) is 5.69 Å². The normalized spacial score (nSPS) is 14.7. The number of nitrogens with one attached hydrogen (secondary N) is 1. The second-order valence-electron chi connectivity index (χ2n) is 9.71. The molecule has 1 N–H and O–H groups in total. The number of anilines is 1. The third-order valence-electron chi connectivity index (χ3n) is 6.77. The van der Waals surface area contributed by atoms with Crippen LogP contribution < -0.4 is 9.62 Å². The predicted octanol–water partition coefficient (Wildman–Crippen LogP) is 6.71. The summed E-state index contributed by atoms with van der Waals surface area (Å²) < 4.78 is 26.3. The summed E-state index contributed by atoms with van der Waals surface area (Å²) in [5.41, 5.74) is 0.899. The Hall–Kier alpha value is -1.71. The first-order valence-electron chi connectivity index (χ1n) is 12.9. The lowest BCUT2D eigenvalue weighted by atomic mass is 10.1. The van der Waals surface area contributed by atoms with Gasteiger partial charge in [0.2, 0.25) is 21.8 Å². The summed E-state index contributed by atoms with van der Waals surface area (Å²) in [6, 6.07) is 8.98. The monoisotopic (exact) mass is 635 g/mol. The van der Waals surface area contributed by atoms with Gasteiger partial charge < -0.3 is 10.2 Å². The Kier molecular flexibility index (Phi) is 11.6. The number of amides is 2. The molecule has 1 fully saturated rings. The van der Waals surface area contributed by atoms with E-state index in [1.165, 1.54) is 17.0 Å². The Morgan fingerprint density at radius 1 is 1.00 bits per heavy atom. The van der Waals surface area contributed by atoms with Crippen LogP contribution in [-0.4, -0.2) is 50.0 Å². The summed E-state index contributed by atoms with van der Waals surface area (Å²) >= 11 is 24.8. The minimum absolute atomic E-state index is 0.00260. The molecule has 39 heavy (non-hydrogen) atoms. The van der Waals surface area contributed by atoms with E-state index < -0.39 is 16.1 Å². The molecule has 7 nitrogen and oxygen atoms in total. The van der Waals surface area contributed by atoms with Crippen LogP contribution in [0.5, 0.6) is 0 Å². The number of halogens is 4. The number of sulfonamides is 1. The molecule has 1 saturated carbocycles. The summed E-state index contributed by atoms with van der Waals surface area (Å²) in [5.74, 6) is -0.494. The molecule has 0 bridgehead atoms. The van der Waals surface area contributed by atoms with Crippen molar-refractivity contribution in [2.45, 2.75) is 70.5 Å². The van der Waals surface area contributed by atoms with Crippen molar-refractivity contribution in [3.63, 3.8) is 0 Å². The highest BCUT2D eigenvalue weighted by molar-refractivity contribution is 7.92. The minimum Gasteiger partial charge on any atom is -0.352 e. The number of rotatable bonds is 12. The average molecular weight is 637 g/mol. The minimum atomic E-state index is -3.71. The Labute approximate surface area is 250 Å². The Morgan fingerprint density at radius 3 is 2.26 bits per heavy atom. The first kappa shape index (κ1) is 31.8. The van der Waals surface area contributed by atoms with Gasteiger partial charge in [-0.1, -0.05) is 72.2 Å². The molecule has 1 unspecified atom stereocenters. The van der Waals surface area contributed by atoms with Gasteiger partial charge >= 0.3 is 0 Å². The summed E-state index contributed by atoms with van der Waals surface area (Å²) in [7, 11) is -3.71. The maximum atomic E-state index is 13.6. The highest BCUT2D eigenvalue weighted by Crippen LogP contribution is 2.31. The molecule has 214 valence electrons. The molecule has 0 spiro atoms. The molecule has 0 saturated heterocycles. The van der Waals surface area contributed by atoms with Crippen LogP contribution >= 0.6 is 46.4 Å². The van der Waals surface area contributed by atoms with Gasteiger partial charge in [0.15, 0.2) is 0 Å². The van der Waals surface area contributed by atoms with E-state index in [2.05, 4.69) is 5.32 Å². The highest BCUT2D eigenvalue weighted by Gasteiger charge is 2.31. The van der Waals surface area contributed by atoms with Crippen LogP contribution in [0.1, 0.15) is 57.4 Å². The summed E-state index contributed by atoms with van der Waals surface area (Å²) in [6.07, 6.45) is 5.66. The number of carbonyl (C=O) groups is 2. The van der Waals surface area contributed by atoms with Crippen molar-refractivity contribution in [1.82, 2.24) is 10.2 Å². The fourth-order valence-electron chi connectivity index (χ4n) is 4.78. The van der Waals surface area contributed by atoms with E-state index in [0.29, 0.717) is 27.1 Å². The van der Waals surface area contributed by atoms with Gasteiger partial charge in [-0.05, 0) is 61.6 Å². The fraction of sp³-hybridized carbons (Fsp3) is 0.481. The van der Waals surface area contributed by atoms with Gasteiger partial charge in [0.1, 0.15) is 6.04 Å². The summed E-state index contributed by atoms with van der Waals surface area (Å²) in [6.45, 7) is 1.97. The van der Waals surface area contributed by atoms with Crippen molar-refractivity contribution in [3.8, 4) is 0 Å². The topological polar surface area (TPSA) is 86.8 Å².